The van der Waals surface area contributed by atoms with Gasteiger partial charge in [-0.15, -0.1) is 0 Å². The molecule has 0 bridgehead atoms. The van der Waals surface area contributed by atoms with Gasteiger partial charge in [0.15, 0.2) is 5.60 Å². The smallest absolute Gasteiger partial charge is 0.481 e. The first-order valence-corrected chi connectivity index (χ1v) is 5.47. The standard InChI is InChI=1S/C11H16O9/c1-10(2,3)20-9(17)19-7(14)5-11(18,8(15)16)4-6(12)13/h18H,4-5H2,1-3H3,(H,12,13)(H,15,16). The van der Waals surface area contributed by atoms with Crippen molar-refractivity contribution in [1.29, 1.82) is 0 Å². The Bertz CT molecular complexity index is 420. The molecule has 9 heteroatoms. The molecule has 0 saturated heterocycles. The van der Waals surface area contributed by atoms with Crippen molar-refractivity contribution in [1.82, 2.24) is 0 Å². The summed E-state index contributed by atoms with van der Waals surface area (Å²) in [6.45, 7) is 4.53. The molecule has 114 valence electrons. The fourth-order valence-electron chi connectivity index (χ4n) is 1.10. The van der Waals surface area contributed by atoms with Gasteiger partial charge in [-0.25, -0.2) is 9.59 Å². The number of rotatable bonds is 5. The van der Waals surface area contributed by atoms with Crippen LogP contribution in [0.3, 0.4) is 0 Å². The van der Waals surface area contributed by atoms with Crippen molar-refractivity contribution in [2.75, 3.05) is 0 Å². The molecule has 0 rings (SSSR count). The molecule has 0 aliphatic carbocycles. The summed E-state index contributed by atoms with van der Waals surface area (Å²) in [4.78, 5) is 43.7. The lowest BCUT2D eigenvalue weighted by molar-refractivity contribution is -0.171. The fourth-order valence-corrected chi connectivity index (χ4v) is 1.10. The minimum Gasteiger partial charge on any atom is -0.481 e. The predicted molar refractivity (Wildman–Crippen MR) is 61.8 cm³/mol. The van der Waals surface area contributed by atoms with Crippen LogP contribution in [0.2, 0.25) is 0 Å². The Balaban J connectivity index is 4.67. The highest BCUT2D eigenvalue weighted by Gasteiger charge is 2.42. The number of carboxylic acids is 2. The van der Waals surface area contributed by atoms with Gasteiger partial charge in [-0.05, 0) is 20.8 Å². The third kappa shape index (κ3) is 6.69. The molecular weight excluding hydrogens is 276 g/mol. The molecule has 0 aliphatic rings. The SMILES string of the molecule is CC(C)(C)OC(=O)OC(=O)CC(O)(CC(=O)O)C(=O)O. The summed E-state index contributed by atoms with van der Waals surface area (Å²) in [6, 6.07) is 0. The number of hydrogen-bond donors (Lipinski definition) is 3. The molecule has 1 unspecified atom stereocenters. The predicted octanol–water partition coefficient (Wildman–Crippen LogP) is 0.145. The van der Waals surface area contributed by atoms with Gasteiger partial charge in [-0.1, -0.05) is 0 Å². The van der Waals surface area contributed by atoms with Crippen LogP contribution < -0.4 is 0 Å². The van der Waals surface area contributed by atoms with Crippen molar-refractivity contribution in [2.24, 2.45) is 0 Å². The van der Waals surface area contributed by atoms with Gasteiger partial charge in [0.05, 0.1) is 12.8 Å². The number of aliphatic carboxylic acids is 2. The molecule has 0 heterocycles. The third-order valence-electron chi connectivity index (χ3n) is 1.87. The van der Waals surface area contributed by atoms with Crippen LogP contribution in [-0.2, 0) is 23.9 Å². The lowest BCUT2D eigenvalue weighted by atomic mass is 9.96. The second-order valence-electron chi connectivity index (χ2n) is 5.02. The van der Waals surface area contributed by atoms with E-state index in [9.17, 15) is 24.3 Å². The van der Waals surface area contributed by atoms with Gasteiger partial charge in [-0.3, -0.25) is 9.59 Å². The molecular formula is C11H16O9. The Morgan fingerprint density at radius 2 is 1.50 bits per heavy atom. The minimum absolute atomic E-state index is 0.929. The van der Waals surface area contributed by atoms with Crippen molar-refractivity contribution < 1.29 is 44.0 Å². The van der Waals surface area contributed by atoms with Crippen LogP contribution in [0.4, 0.5) is 4.79 Å². The third-order valence-corrected chi connectivity index (χ3v) is 1.87. The van der Waals surface area contributed by atoms with Crippen LogP contribution in [0.5, 0.6) is 0 Å². The molecule has 0 spiro atoms. The van der Waals surface area contributed by atoms with E-state index in [4.69, 9.17) is 10.2 Å². The minimum atomic E-state index is -2.86. The fraction of sp³-hybridized carbons (Fsp3) is 0.636. The van der Waals surface area contributed by atoms with Gasteiger partial charge >= 0.3 is 24.1 Å². The highest BCUT2D eigenvalue weighted by molar-refractivity contribution is 5.91. The van der Waals surface area contributed by atoms with E-state index in [0.717, 1.165) is 0 Å². The zero-order valence-corrected chi connectivity index (χ0v) is 11.2. The highest BCUT2D eigenvalue weighted by Crippen LogP contribution is 2.17. The molecule has 0 aromatic carbocycles. The van der Waals surface area contributed by atoms with Crippen LogP contribution >= 0.6 is 0 Å². The summed E-state index contributed by atoms with van der Waals surface area (Å²) in [5.41, 5.74) is -3.79. The summed E-state index contributed by atoms with van der Waals surface area (Å²) in [5, 5.41) is 26.7. The first-order valence-electron chi connectivity index (χ1n) is 5.47. The molecule has 1 atom stereocenters. The molecule has 20 heavy (non-hydrogen) atoms. The number of esters is 1. The molecule has 0 aromatic heterocycles. The molecule has 0 fully saturated rings. The summed E-state index contributed by atoms with van der Waals surface area (Å²) in [5.74, 6) is -4.95. The monoisotopic (exact) mass is 292 g/mol. The molecule has 0 amide bonds. The van der Waals surface area contributed by atoms with Crippen molar-refractivity contribution in [2.45, 2.75) is 44.8 Å². The lowest BCUT2D eigenvalue weighted by Crippen LogP contribution is -2.43. The number of carboxylic acid groups (broad SMARTS) is 2. The van der Waals surface area contributed by atoms with Crippen LogP contribution in [0.1, 0.15) is 33.6 Å². The topological polar surface area (TPSA) is 147 Å². The highest BCUT2D eigenvalue weighted by atomic mass is 16.7. The zero-order chi connectivity index (χ0) is 16.1. The normalized spacial score (nSPS) is 14.0. The maximum atomic E-state index is 11.3. The Kier molecular flexibility index (Phi) is 5.64. The number of aliphatic hydroxyl groups is 1. The summed E-state index contributed by atoms with van der Waals surface area (Å²) >= 11 is 0. The second kappa shape index (κ2) is 6.33. The van der Waals surface area contributed by atoms with Crippen LogP contribution in [0.25, 0.3) is 0 Å². The van der Waals surface area contributed by atoms with Gasteiger partial charge in [0.1, 0.15) is 5.60 Å². The van der Waals surface area contributed by atoms with E-state index in [0.29, 0.717) is 0 Å². The number of ether oxygens (including phenoxy) is 2. The van der Waals surface area contributed by atoms with Crippen molar-refractivity contribution >= 4 is 24.1 Å². The quantitative estimate of drug-likeness (QED) is 0.475. The molecule has 3 N–H and O–H groups in total. The van der Waals surface area contributed by atoms with E-state index in [2.05, 4.69) is 9.47 Å². The van der Waals surface area contributed by atoms with Crippen LogP contribution in [0.15, 0.2) is 0 Å². The molecule has 0 saturated carbocycles. The number of carbonyl (C=O) groups is 4. The van der Waals surface area contributed by atoms with Crippen molar-refractivity contribution in [3.63, 3.8) is 0 Å². The number of hydrogen-bond acceptors (Lipinski definition) is 7. The average molecular weight is 292 g/mol. The first-order chi connectivity index (χ1) is 8.85. The zero-order valence-electron chi connectivity index (χ0n) is 11.2. The van der Waals surface area contributed by atoms with E-state index < -0.39 is 48.1 Å². The van der Waals surface area contributed by atoms with Crippen molar-refractivity contribution in [3.05, 3.63) is 0 Å². The maximum Gasteiger partial charge on any atom is 0.516 e. The van der Waals surface area contributed by atoms with Crippen LogP contribution in [-0.4, -0.2) is 50.6 Å². The summed E-state index contributed by atoms with van der Waals surface area (Å²) in [6.07, 6.45) is -3.79. The van der Waals surface area contributed by atoms with E-state index in [1.54, 1.807) is 0 Å². The maximum absolute atomic E-state index is 11.3. The van der Waals surface area contributed by atoms with Crippen LogP contribution in [0, 0.1) is 0 Å². The first kappa shape index (κ1) is 17.8. The Hall–Kier alpha value is -2.16. The Morgan fingerprint density at radius 1 is 1.00 bits per heavy atom. The summed E-state index contributed by atoms with van der Waals surface area (Å²) in [7, 11) is 0. The largest absolute Gasteiger partial charge is 0.516 e. The van der Waals surface area contributed by atoms with E-state index in [1.807, 2.05) is 0 Å². The molecule has 0 radical (unpaired) electrons. The summed E-state index contributed by atoms with van der Waals surface area (Å²) < 4.78 is 8.77. The van der Waals surface area contributed by atoms with Gasteiger partial charge < -0.3 is 24.8 Å². The van der Waals surface area contributed by atoms with Gasteiger partial charge in [0.2, 0.25) is 0 Å². The molecule has 9 nitrogen and oxygen atoms in total. The van der Waals surface area contributed by atoms with Gasteiger partial charge in [-0.2, -0.15) is 0 Å². The van der Waals surface area contributed by atoms with E-state index >= 15 is 0 Å². The second-order valence-corrected chi connectivity index (χ2v) is 5.02. The average Bonchev–Trinajstić information content (AvgIpc) is 2.10. The van der Waals surface area contributed by atoms with E-state index in [-0.39, 0.29) is 0 Å². The lowest BCUT2D eigenvalue weighted by Gasteiger charge is -2.21. The Morgan fingerprint density at radius 3 is 1.85 bits per heavy atom. The molecule has 0 aromatic rings. The van der Waals surface area contributed by atoms with E-state index in [1.165, 1.54) is 20.8 Å². The number of carbonyl (C=O) groups excluding carboxylic acids is 2. The van der Waals surface area contributed by atoms with Gasteiger partial charge in [0.25, 0.3) is 0 Å². The molecule has 0 aliphatic heterocycles. The Labute approximate surface area is 114 Å². The van der Waals surface area contributed by atoms with Gasteiger partial charge in [0, 0.05) is 0 Å². The van der Waals surface area contributed by atoms with Crippen molar-refractivity contribution in [3.8, 4) is 0 Å².